The summed E-state index contributed by atoms with van der Waals surface area (Å²) in [6.45, 7) is 5.29. The summed E-state index contributed by atoms with van der Waals surface area (Å²) in [5, 5.41) is 2.69. The Bertz CT molecular complexity index is 1250. The highest BCUT2D eigenvalue weighted by atomic mass is 32.2. The Kier molecular flexibility index (Phi) is 8.71. The molecule has 0 aliphatic carbocycles. The molecular formula is C27H29NO7S. The molecule has 0 saturated carbocycles. The summed E-state index contributed by atoms with van der Waals surface area (Å²) in [5.74, 6) is -0.433. The lowest BCUT2D eigenvalue weighted by Crippen LogP contribution is -2.36. The van der Waals surface area contributed by atoms with Crippen LogP contribution in [0, 0.1) is 0 Å². The molecule has 0 spiro atoms. The van der Waals surface area contributed by atoms with Crippen molar-refractivity contribution in [2.45, 2.75) is 50.3 Å². The zero-order valence-corrected chi connectivity index (χ0v) is 21.2. The fourth-order valence-electron chi connectivity index (χ4n) is 3.18. The molecule has 190 valence electrons. The molecule has 0 aliphatic heterocycles. The maximum Gasteiger partial charge on any atom is 0.408 e. The third-order valence-electron chi connectivity index (χ3n) is 4.82. The van der Waals surface area contributed by atoms with Crippen molar-refractivity contribution in [3.05, 3.63) is 96.1 Å². The van der Waals surface area contributed by atoms with Crippen LogP contribution in [-0.4, -0.2) is 26.1 Å². The molecule has 0 radical (unpaired) electrons. The van der Waals surface area contributed by atoms with E-state index in [4.69, 9.17) is 13.7 Å². The molecule has 36 heavy (non-hydrogen) atoms. The molecule has 3 rings (SSSR count). The van der Waals surface area contributed by atoms with Crippen LogP contribution in [0.3, 0.4) is 0 Å². The molecule has 0 heterocycles. The molecule has 1 unspecified atom stereocenters. The first-order valence-corrected chi connectivity index (χ1v) is 12.7. The van der Waals surface area contributed by atoms with Gasteiger partial charge in [0.2, 0.25) is 0 Å². The van der Waals surface area contributed by atoms with Crippen molar-refractivity contribution in [2.75, 3.05) is 0 Å². The van der Waals surface area contributed by atoms with Crippen LogP contribution in [0.15, 0.2) is 89.8 Å². The quantitative estimate of drug-likeness (QED) is 0.312. The van der Waals surface area contributed by atoms with E-state index in [-0.39, 0.29) is 23.7 Å². The molecule has 0 bridgehead atoms. The van der Waals surface area contributed by atoms with Crippen molar-refractivity contribution >= 4 is 22.2 Å². The van der Waals surface area contributed by atoms with Crippen LogP contribution < -0.4 is 9.50 Å². The second kappa shape index (κ2) is 11.7. The van der Waals surface area contributed by atoms with Crippen LogP contribution >= 0.6 is 0 Å². The lowest BCUT2D eigenvalue weighted by Gasteiger charge is -2.23. The standard InChI is InChI=1S/C27H29NO7S/c1-27(2,3)34-26(30)28-24(18-25(29)33-19-20-10-6-4-7-11-20)21-14-16-22(17-15-21)35-36(31,32)23-12-8-5-9-13-23/h4-17,24H,18-19H2,1-3H3,(H,28,30). The van der Waals surface area contributed by atoms with Gasteiger partial charge in [0.05, 0.1) is 12.5 Å². The molecule has 0 aliphatic rings. The number of hydrogen-bond acceptors (Lipinski definition) is 7. The second-order valence-electron chi connectivity index (χ2n) is 8.97. The van der Waals surface area contributed by atoms with Gasteiger partial charge in [-0.15, -0.1) is 0 Å². The molecule has 1 N–H and O–H groups in total. The number of nitrogens with one attached hydrogen (secondary N) is 1. The minimum atomic E-state index is -4.00. The van der Waals surface area contributed by atoms with E-state index in [2.05, 4.69) is 5.32 Å². The SMILES string of the molecule is CC(C)(C)OC(=O)NC(CC(=O)OCc1ccccc1)c1ccc(OS(=O)(=O)c2ccccc2)cc1. The van der Waals surface area contributed by atoms with E-state index in [1.165, 1.54) is 24.3 Å². The second-order valence-corrected chi connectivity index (χ2v) is 10.5. The Labute approximate surface area is 211 Å². The number of ether oxygens (including phenoxy) is 2. The first kappa shape index (κ1) is 26.7. The zero-order valence-electron chi connectivity index (χ0n) is 20.3. The molecule has 9 heteroatoms. The average molecular weight is 512 g/mol. The van der Waals surface area contributed by atoms with Crippen molar-refractivity contribution < 1.29 is 31.7 Å². The Balaban J connectivity index is 1.73. The van der Waals surface area contributed by atoms with Crippen LogP contribution in [0.5, 0.6) is 5.75 Å². The molecule has 1 amide bonds. The minimum Gasteiger partial charge on any atom is -0.461 e. The third-order valence-corrected chi connectivity index (χ3v) is 6.09. The highest BCUT2D eigenvalue weighted by Gasteiger charge is 2.24. The number of rotatable bonds is 9. The summed E-state index contributed by atoms with van der Waals surface area (Å²) in [5.41, 5.74) is 0.650. The van der Waals surface area contributed by atoms with Gasteiger partial charge in [-0.3, -0.25) is 4.79 Å². The number of carbonyl (C=O) groups excluding carboxylic acids is 2. The summed E-state index contributed by atoms with van der Waals surface area (Å²) < 4.78 is 40.9. The van der Waals surface area contributed by atoms with E-state index in [1.54, 1.807) is 51.1 Å². The van der Waals surface area contributed by atoms with Gasteiger partial charge in [-0.25, -0.2) is 4.79 Å². The van der Waals surface area contributed by atoms with Gasteiger partial charge in [-0.2, -0.15) is 8.42 Å². The number of hydrogen-bond donors (Lipinski definition) is 1. The highest BCUT2D eigenvalue weighted by Crippen LogP contribution is 2.24. The van der Waals surface area contributed by atoms with E-state index in [0.717, 1.165) is 5.56 Å². The van der Waals surface area contributed by atoms with E-state index in [9.17, 15) is 18.0 Å². The summed E-state index contributed by atoms with van der Waals surface area (Å²) in [6, 6.07) is 22.3. The number of esters is 1. The van der Waals surface area contributed by atoms with Gasteiger partial charge >= 0.3 is 22.2 Å². The van der Waals surface area contributed by atoms with Crippen molar-refractivity contribution in [3.8, 4) is 5.75 Å². The maximum absolute atomic E-state index is 12.6. The fourth-order valence-corrected chi connectivity index (χ4v) is 4.13. The Morgan fingerprint density at radius 1 is 0.861 bits per heavy atom. The highest BCUT2D eigenvalue weighted by molar-refractivity contribution is 7.87. The summed E-state index contributed by atoms with van der Waals surface area (Å²) >= 11 is 0. The van der Waals surface area contributed by atoms with Crippen LogP contribution in [0.1, 0.15) is 44.4 Å². The molecule has 1 atom stereocenters. The smallest absolute Gasteiger partial charge is 0.408 e. The monoisotopic (exact) mass is 511 g/mol. The Hall–Kier alpha value is -3.85. The third kappa shape index (κ3) is 8.42. The summed E-state index contributed by atoms with van der Waals surface area (Å²) in [7, 11) is -4.00. The Morgan fingerprint density at radius 3 is 2.03 bits per heavy atom. The van der Waals surface area contributed by atoms with Crippen LogP contribution in [0.2, 0.25) is 0 Å². The van der Waals surface area contributed by atoms with Crippen molar-refractivity contribution in [1.82, 2.24) is 5.32 Å². The van der Waals surface area contributed by atoms with Gasteiger partial charge in [-0.05, 0) is 56.2 Å². The molecular weight excluding hydrogens is 482 g/mol. The van der Waals surface area contributed by atoms with Gasteiger partial charge in [0, 0.05) is 0 Å². The van der Waals surface area contributed by atoms with E-state index in [1.807, 2.05) is 30.3 Å². The first-order chi connectivity index (χ1) is 17.0. The molecule has 8 nitrogen and oxygen atoms in total. The van der Waals surface area contributed by atoms with Gasteiger partial charge in [0.25, 0.3) is 0 Å². The molecule has 0 saturated heterocycles. The number of carbonyl (C=O) groups is 2. The van der Waals surface area contributed by atoms with E-state index >= 15 is 0 Å². The zero-order chi connectivity index (χ0) is 26.2. The average Bonchev–Trinajstić information content (AvgIpc) is 2.83. The molecule has 3 aromatic carbocycles. The number of amides is 1. The summed E-state index contributed by atoms with van der Waals surface area (Å²) in [6.07, 6.45) is -0.857. The fraction of sp³-hybridized carbons (Fsp3) is 0.259. The normalized spacial score (nSPS) is 12.3. The molecule has 0 fully saturated rings. The van der Waals surface area contributed by atoms with Gasteiger partial charge in [0.1, 0.15) is 22.9 Å². The van der Waals surface area contributed by atoms with Crippen molar-refractivity contribution in [3.63, 3.8) is 0 Å². The van der Waals surface area contributed by atoms with Crippen molar-refractivity contribution in [2.24, 2.45) is 0 Å². The van der Waals surface area contributed by atoms with Crippen LogP contribution in [0.25, 0.3) is 0 Å². The van der Waals surface area contributed by atoms with Crippen LogP contribution in [-0.2, 0) is 31.0 Å². The van der Waals surface area contributed by atoms with E-state index < -0.39 is 33.8 Å². The van der Waals surface area contributed by atoms with Crippen molar-refractivity contribution in [1.29, 1.82) is 0 Å². The maximum atomic E-state index is 12.6. The van der Waals surface area contributed by atoms with Crippen LogP contribution in [0.4, 0.5) is 4.79 Å². The minimum absolute atomic E-state index is 0.0275. The van der Waals surface area contributed by atoms with Gasteiger partial charge in [-0.1, -0.05) is 60.7 Å². The number of alkyl carbamates (subject to hydrolysis) is 1. The van der Waals surface area contributed by atoms with Gasteiger partial charge < -0.3 is 19.0 Å². The lowest BCUT2D eigenvalue weighted by molar-refractivity contribution is -0.145. The van der Waals surface area contributed by atoms with Gasteiger partial charge in [0.15, 0.2) is 0 Å². The van der Waals surface area contributed by atoms with E-state index in [0.29, 0.717) is 5.56 Å². The summed E-state index contributed by atoms with van der Waals surface area (Å²) in [4.78, 5) is 25.0. The lowest BCUT2D eigenvalue weighted by atomic mass is 10.0. The topological polar surface area (TPSA) is 108 Å². The molecule has 0 aromatic heterocycles. The number of benzene rings is 3. The first-order valence-electron chi connectivity index (χ1n) is 11.3. The molecule has 3 aromatic rings. The Morgan fingerprint density at radius 2 is 1.44 bits per heavy atom. The predicted molar refractivity (Wildman–Crippen MR) is 134 cm³/mol. The largest absolute Gasteiger partial charge is 0.461 e. The predicted octanol–water partition coefficient (Wildman–Crippen LogP) is 5.15.